The maximum absolute atomic E-state index is 12.8. The van der Waals surface area contributed by atoms with Gasteiger partial charge in [0, 0.05) is 49.5 Å². The number of pyridine rings is 1. The first-order chi connectivity index (χ1) is 16.3. The van der Waals surface area contributed by atoms with E-state index in [1.54, 1.807) is 6.33 Å². The molecule has 2 aliphatic rings. The van der Waals surface area contributed by atoms with Crippen LogP contribution in [0.1, 0.15) is 15.9 Å². The van der Waals surface area contributed by atoms with Gasteiger partial charge >= 0.3 is 0 Å². The van der Waals surface area contributed by atoms with Gasteiger partial charge in [-0.3, -0.25) is 4.79 Å². The monoisotopic (exact) mass is 436 g/mol. The number of fused-ring (bicyclic) bond motifs is 2. The first-order valence-corrected chi connectivity index (χ1v) is 11.4. The zero-order valence-corrected chi connectivity index (χ0v) is 18.2. The van der Waals surface area contributed by atoms with Gasteiger partial charge in [0.1, 0.15) is 11.8 Å². The van der Waals surface area contributed by atoms with Crippen LogP contribution < -0.4 is 10.2 Å². The maximum atomic E-state index is 12.8. The highest BCUT2D eigenvalue weighted by atomic mass is 16.2. The normalized spacial score (nSPS) is 15.6. The molecule has 0 bridgehead atoms. The number of benzene rings is 2. The Hall–Kier alpha value is -3.84. The molecule has 7 heteroatoms. The SMILES string of the molecule is O=C(c1ccc(-c2ccc3ncnc(N4CCc5ccccc54)c3n2)cc1)N1CCNCC1. The van der Waals surface area contributed by atoms with Gasteiger partial charge in [0.2, 0.25) is 0 Å². The molecule has 4 aromatic rings. The van der Waals surface area contributed by atoms with E-state index in [9.17, 15) is 4.79 Å². The summed E-state index contributed by atoms with van der Waals surface area (Å²) in [6.07, 6.45) is 2.60. The molecule has 0 saturated carbocycles. The summed E-state index contributed by atoms with van der Waals surface area (Å²) in [5.74, 6) is 0.912. The number of hydrogen-bond acceptors (Lipinski definition) is 6. The van der Waals surface area contributed by atoms with Crippen LogP contribution in [0.25, 0.3) is 22.3 Å². The molecule has 1 N–H and O–H groups in total. The summed E-state index contributed by atoms with van der Waals surface area (Å²) < 4.78 is 0. The van der Waals surface area contributed by atoms with E-state index in [2.05, 4.69) is 44.5 Å². The van der Waals surface area contributed by atoms with Crippen molar-refractivity contribution in [3.63, 3.8) is 0 Å². The molecule has 2 aromatic carbocycles. The smallest absolute Gasteiger partial charge is 0.253 e. The van der Waals surface area contributed by atoms with E-state index >= 15 is 0 Å². The summed E-state index contributed by atoms with van der Waals surface area (Å²) in [6.45, 7) is 4.05. The summed E-state index contributed by atoms with van der Waals surface area (Å²) in [6, 6.07) is 20.1. The number of rotatable bonds is 3. The van der Waals surface area contributed by atoms with Crippen LogP contribution in [0.5, 0.6) is 0 Å². The van der Waals surface area contributed by atoms with E-state index < -0.39 is 0 Å². The third kappa shape index (κ3) is 3.60. The third-order valence-electron chi connectivity index (χ3n) is 6.44. The molecule has 7 nitrogen and oxygen atoms in total. The fourth-order valence-corrected chi connectivity index (χ4v) is 4.68. The molecule has 0 radical (unpaired) electrons. The molecule has 0 spiro atoms. The van der Waals surface area contributed by atoms with Crippen molar-refractivity contribution >= 4 is 28.4 Å². The van der Waals surface area contributed by atoms with Gasteiger partial charge in [-0.15, -0.1) is 0 Å². The predicted molar refractivity (Wildman–Crippen MR) is 129 cm³/mol. The molecular formula is C26H24N6O. The number of aromatic nitrogens is 3. The van der Waals surface area contributed by atoms with Crippen LogP contribution in [-0.4, -0.2) is 58.5 Å². The van der Waals surface area contributed by atoms with E-state index in [0.717, 1.165) is 67.3 Å². The van der Waals surface area contributed by atoms with Gasteiger partial charge in [-0.2, -0.15) is 0 Å². The second kappa shape index (κ2) is 8.26. The minimum absolute atomic E-state index is 0.0814. The maximum Gasteiger partial charge on any atom is 0.253 e. The molecule has 0 unspecified atom stereocenters. The molecule has 33 heavy (non-hydrogen) atoms. The van der Waals surface area contributed by atoms with E-state index in [1.807, 2.05) is 41.3 Å². The van der Waals surface area contributed by atoms with E-state index in [4.69, 9.17) is 4.98 Å². The number of nitrogens with one attached hydrogen (secondary N) is 1. The number of carbonyl (C=O) groups is 1. The quantitative estimate of drug-likeness (QED) is 0.530. The lowest BCUT2D eigenvalue weighted by Gasteiger charge is -2.27. The zero-order chi connectivity index (χ0) is 22.2. The standard InChI is InChI=1S/C26H24N6O/c33-26(31-15-12-27-13-16-31)20-7-5-18(6-8-20)21-9-10-22-24(30-21)25(29-17-28-22)32-14-11-19-3-1-2-4-23(19)32/h1-10,17,27H,11-16H2. The van der Waals surface area contributed by atoms with E-state index in [-0.39, 0.29) is 5.91 Å². The van der Waals surface area contributed by atoms with Gasteiger partial charge in [-0.05, 0) is 42.3 Å². The number of carbonyl (C=O) groups excluding carboxylic acids is 1. The highest BCUT2D eigenvalue weighted by Crippen LogP contribution is 2.36. The Morgan fingerprint density at radius 1 is 0.879 bits per heavy atom. The zero-order valence-electron chi connectivity index (χ0n) is 18.2. The van der Waals surface area contributed by atoms with Crippen LogP contribution in [0.3, 0.4) is 0 Å². The summed E-state index contributed by atoms with van der Waals surface area (Å²) >= 11 is 0. The highest BCUT2D eigenvalue weighted by molar-refractivity contribution is 5.95. The molecule has 1 amide bonds. The lowest BCUT2D eigenvalue weighted by molar-refractivity contribution is 0.0736. The van der Waals surface area contributed by atoms with E-state index in [1.165, 1.54) is 11.3 Å². The molecule has 6 rings (SSSR count). The highest BCUT2D eigenvalue weighted by Gasteiger charge is 2.23. The summed E-state index contributed by atoms with van der Waals surface area (Å²) in [5.41, 5.74) is 6.62. The molecule has 1 fully saturated rings. The first-order valence-electron chi connectivity index (χ1n) is 11.4. The molecule has 2 aliphatic heterocycles. The lowest BCUT2D eigenvalue weighted by atomic mass is 10.1. The number of piperazine rings is 1. The van der Waals surface area contributed by atoms with Crippen molar-refractivity contribution in [3.8, 4) is 11.3 Å². The van der Waals surface area contributed by atoms with Crippen LogP contribution >= 0.6 is 0 Å². The van der Waals surface area contributed by atoms with Crippen LogP contribution in [-0.2, 0) is 6.42 Å². The average Bonchev–Trinajstić information content (AvgIpc) is 3.32. The van der Waals surface area contributed by atoms with Crippen LogP contribution in [0.2, 0.25) is 0 Å². The van der Waals surface area contributed by atoms with Crippen LogP contribution in [0.4, 0.5) is 11.5 Å². The average molecular weight is 437 g/mol. The minimum atomic E-state index is 0.0814. The molecule has 0 atom stereocenters. The van der Waals surface area contributed by atoms with Crippen molar-refractivity contribution in [3.05, 3.63) is 78.1 Å². The molecular weight excluding hydrogens is 412 g/mol. The molecule has 0 aliphatic carbocycles. The van der Waals surface area contributed by atoms with Crippen molar-refractivity contribution < 1.29 is 4.79 Å². The Labute approximate surface area is 192 Å². The van der Waals surface area contributed by atoms with Gasteiger partial charge in [-0.25, -0.2) is 15.0 Å². The third-order valence-corrected chi connectivity index (χ3v) is 6.44. The largest absolute Gasteiger partial charge is 0.336 e. The first kappa shape index (κ1) is 19.8. The van der Waals surface area contributed by atoms with Gasteiger partial charge in [0.15, 0.2) is 5.82 Å². The summed E-state index contributed by atoms with van der Waals surface area (Å²) in [5, 5.41) is 3.28. The van der Waals surface area contributed by atoms with Gasteiger partial charge < -0.3 is 15.1 Å². The predicted octanol–water partition coefficient (Wildman–Crippen LogP) is 3.43. The van der Waals surface area contributed by atoms with Crippen molar-refractivity contribution in [1.29, 1.82) is 0 Å². The van der Waals surface area contributed by atoms with Crippen LogP contribution in [0, 0.1) is 0 Å². The number of nitrogens with zero attached hydrogens (tertiary/aromatic N) is 5. The lowest BCUT2D eigenvalue weighted by Crippen LogP contribution is -2.46. The minimum Gasteiger partial charge on any atom is -0.336 e. The Balaban J connectivity index is 1.34. The van der Waals surface area contributed by atoms with Crippen molar-refractivity contribution in [2.45, 2.75) is 6.42 Å². The van der Waals surface area contributed by atoms with Gasteiger partial charge in [-0.1, -0.05) is 30.3 Å². The van der Waals surface area contributed by atoms with Crippen molar-refractivity contribution in [2.24, 2.45) is 0 Å². The summed E-state index contributed by atoms with van der Waals surface area (Å²) in [4.78, 5) is 30.9. The molecule has 4 heterocycles. The number of hydrogen-bond donors (Lipinski definition) is 1. The van der Waals surface area contributed by atoms with Crippen LogP contribution in [0.15, 0.2) is 67.0 Å². The fourth-order valence-electron chi connectivity index (χ4n) is 4.68. The van der Waals surface area contributed by atoms with Crippen molar-refractivity contribution in [2.75, 3.05) is 37.6 Å². The number of amides is 1. The Morgan fingerprint density at radius 2 is 1.70 bits per heavy atom. The number of anilines is 2. The van der Waals surface area contributed by atoms with Gasteiger partial charge in [0.25, 0.3) is 5.91 Å². The van der Waals surface area contributed by atoms with E-state index in [0.29, 0.717) is 5.56 Å². The number of para-hydroxylation sites is 1. The Kier molecular flexibility index (Phi) is 4.96. The molecule has 164 valence electrons. The fraction of sp³-hybridized carbons (Fsp3) is 0.231. The Bertz CT molecular complexity index is 1330. The Morgan fingerprint density at radius 3 is 2.55 bits per heavy atom. The second-order valence-corrected chi connectivity index (χ2v) is 8.41. The van der Waals surface area contributed by atoms with Gasteiger partial charge in [0.05, 0.1) is 11.2 Å². The molecule has 2 aromatic heterocycles. The summed E-state index contributed by atoms with van der Waals surface area (Å²) in [7, 11) is 0. The topological polar surface area (TPSA) is 74.2 Å². The van der Waals surface area contributed by atoms with Crippen molar-refractivity contribution in [1.82, 2.24) is 25.2 Å². The molecule has 1 saturated heterocycles. The second-order valence-electron chi connectivity index (χ2n) is 8.41.